The SMILES string of the molecule is CCCOc1c(Cl)cc(CNC2CC2)cc1OC. The molecular weight excluding hydrogens is 250 g/mol. The summed E-state index contributed by atoms with van der Waals surface area (Å²) < 4.78 is 11.0. The van der Waals surface area contributed by atoms with Gasteiger partial charge in [0.25, 0.3) is 0 Å². The summed E-state index contributed by atoms with van der Waals surface area (Å²) in [7, 11) is 1.64. The maximum Gasteiger partial charge on any atom is 0.179 e. The number of hydrogen-bond donors (Lipinski definition) is 1. The van der Waals surface area contributed by atoms with Gasteiger partial charge in [0.15, 0.2) is 11.5 Å². The molecule has 1 aromatic carbocycles. The largest absolute Gasteiger partial charge is 0.493 e. The highest BCUT2D eigenvalue weighted by molar-refractivity contribution is 6.32. The van der Waals surface area contributed by atoms with E-state index in [0.717, 1.165) is 18.5 Å². The minimum absolute atomic E-state index is 0.621. The maximum absolute atomic E-state index is 6.25. The second-order valence-corrected chi connectivity index (χ2v) is 5.02. The third kappa shape index (κ3) is 3.53. The minimum Gasteiger partial charge on any atom is -0.493 e. The fourth-order valence-corrected chi connectivity index (χ4v) is 2.06. The van der Waals surface area contributed by atoms with Crippen LogP contribution >= 0.6 is 11.6 Å². The molecule has 0 atom stereocenters. The van der Waals surface area contributed by atoms with Gasteiger partial charge in [0.2, 0.25) is 0 Å². The molecule has 0 amide bonds. The monoisotopic (exact) mass is 269 g/mol. The standard InChI is InChI=1S/C14H20ClNO2/c1-3-6-18-14-12(15)7-10(8-13(14)17-2)9-16-11-4-5-11/h7-8,11,16H,3-6,9H2,1-2H3. The van der Waals surface area contributed by atoms with Gasteiger partial charge >= 0.3 is 0 Å². The zero-order chi connectivity index (χ0) is 13.0. The van der Waals surface area contributed by atoms with E-state index in [9.17, 15) is 0 Å². The summed E-state index contributed by atoms with van der Waals surface area (Å²) >= 11 is 6.25. The molecule has 0 unspecified atom stereocenters. The Kier molecular flexibility index (Phi) is 4.72. The fourth-order valence-electron chi connectivity index (χ4n) is 1.77. The number of nitrogens with one attached hydrogen (secondary N) is 1. The summed E-state index contributed by atoms with van der Waals surface area (Å²) in [6.45, 7) is 3.54. The van der Waals surface area contributed by atoms with Crippen LogP contribution in [0.1, 0.15) is 31.7 Å². The molecule has 1 aromatic rings. The lowest BCUT2D eigenvalue weighted by Gasteiger charge is -2.14. The molecule has 0 spiro atoms. The quantitative estimate of drug-likeness (QED) is 0.823. The first-order valence-corrected chi connectivity index (χ1v) is 6.85. The molecule has 0 saturated heterocycles. The van der Waals surface area contributed by atoms with Gasteiger partial charge in [0.05, 0.1) is 18.7 Å². The lowest BCUT2D eigenvalue weighted by Crippen LogP contribution is -2.15. The van der Waals surface area contributed by atoms with Crippen LogP contribution in [0.25, 0.3) is 0 Å². The first-order chi connectivity index (χ1) is 8.74. The predicted octanol–water partition coefficient (Wildman–Crippen LogP) is 3.39. The molecule has 0 aliphatic heterocycles. The lowest BCUT2D eigenvalue weighted by atomic mass is 10.2. The van der Waals surface area contributed by atoms with Gasteiger partial charge in [-0.15, -0.1) is 0 Å². The average molecular weight is 270 g/mol. The molecule has 1 aliphatic carbocycles. The van der Waals surface area contributed by atoms with Crippen LogP contribution in [-0.4, -0.2) is 19.8 Å². The van der Waals surface area contributed by atoms with Gasteiger partial charge in [0.1, 0.15) is 0 Å². The predicted molar refractivity (Wildman–Crippen MR) is 73.7 cm³/mol. The van der Waals surface area contributed by atoms with Crippen molar-refractivity contribution in [2.75, 3.05) is 13.7 Å². The third-order valence-electron chi connectivity index (χ3n) is 2.91. The summed E-state index contributed by atoms with van der Waals surface area (Å²) in [4.78, 5) is 0. The number of hydrogen-bond acceptors (Lipinski definition) is 3. The van der Waals surface area contributed by atoms with Crippen molar-refractivity contribution in [1.82, 2.24) is 5.32 Å². The Labute approximate surface area is 113 Å². The van der Waals surface area contributed by atoms with E-state index >= 15 is 0 Å². The molecule has 3 nitrogen and oxygen atoms in total. The van der Waals surface area contributed by atoms with Crippen molar-refractivity contribution in [3.8, 4) is 11.5 Å². The molecule has 0 heterocycles. The molecular formula is C14H20ClNO2. The van der Waals surface area contributed by atoms with Crippen LogP contribution in [0.2, 0.25) is 5.02 Å². The third-order valence-corrected chi connectivity index (χ3v) is 3.19. The van der Waals surface area contributed by atoms with E-state index in [1.165, 1.54) is 12.8 Å². The Morgan fingerprint density at radius 3 is 2.78 bits per heavy atom. The van der Waals surface area contributed by atoms with Crippen molar-refractivity contribution in [1.29, 1.82) is 0 Å². The Bertz CT molecular complexity index is 405. The van der Waals surface area contributed by atoms with E-state index in [2.05, 4.69) is 12.2 Å². The Balaban J connectivity index is 2.09. The molecule has 2 rings (SSSR count). The van der Waals surface area contributed by atoms with Crippen molar-refractivity contribution < 1.29 is 9.47 Å². The van der Waals surface area contributed by atoms with Crippen molar-refractivity contribution in [2.45, 2.75) is 38.8 Å². The van der Waals surface area contributed by atoms with Crippen molar-refractivity contribution in [3.63, 3.8) is 0 Å². The van der Waals surface area contributed by atoms with E-state index in [-0.39, 0.29) is 0 Å². The van der Waals surface area contributed by atoms with Gasteiger partial charge in [-0.25, -0.2) is 0 Å². The number of methoxy groups -OCH3 is 1. The Hall–Kier alpha value is -0.930. The van der Waals surface area contributed by atoms with Gasteiger partial charge < -0.3 is 14.8 Å². The van der Waals surface area contributed by atoms with E-state index < -0.39 is 0 Å². The van der Waals surface area contributed by atoms with Crippen LogP contribution in [-0.2, 0) is 6.54 Å². The molecule has 1 fully saturated rings. The van der Waals surface area contributed by atoms with Gasteiger partial charge in [-0.05, 0) is 37.0 Å². The Morgan fingerprint density at radius 2 is 2.17 bits per heavy atom. The Morgan fingerprint density at radius 1 is 1.39 bits per heavy atom. The van der Waals surface area contributed by atoms with Crippen molar-refractivity contribution in [3.05, 3.63) is 22.7 Å². The molecule has 1 saturated carbocycles. The zero-order valence-electron chi connectivity index (χ0n) is 11.0. The molecule has 1 N–H and O–H groups in total. The smallest absolute Gasteiger partial charge is 0.179 e. The van der Waals surface area contributed by atoms with Crippen LogP contribution in [0.5, 0.6) is 11.5 Å². The first-order valence-electron chi connectivity index (χ1n) is 6.47. The van der Waals surface area contributed by atoms with Gasteiger partial charge in [-0.2, -0.15) is 0 Å². The van der Waals surface area contributed by atoms with Crippen molar-refractivity contribution in [2.24, 2.45) is 0 Å². The highest BCUT2D eigenvalue weighted by atomic mass is 35.5. The fraction of sp³-hybridized carbons (Fsp3) is 0.571. The number of ether oxygens (including phenoxy) is 2. The van der Waals surface area contributed by atoms with Gasteiger partial charge in [-0.1, -0.05) is 18.5 Å². The first kappa shape index (κ1) is 13.5. The molecule has 1 aliphatic rings. The van der Waals surface area contributed by atoms with Crippen LogP contribution < -0.4 is 14.8 Å². The highest BCUT2D eigenvalue weighted by Crippen LogP contribution is 2.36. The second-order valence-electron chi connectivity index (χ2n) is 4.61. The topological polar surface area (TPSA) is 30.5 Å². The number of benzene rings is 1. The van der Waals surface area contributed by atoms with Crippen molar-refractivity contribution >= 4 is 11.6 Å². The molecule has 18 heavy (non-hydrogen) atoms. The number of halogens is 1. The summed E-state index contributed by atoms with van der Waals surface area (Å²) in [5, 5.41) is 4.08. The molecule has 0 bridgehead atoms. The van der Waals surface area contributed by atoms with Crippen LogP contribution in [0.3, 0.4) is 0 Å². The van der Waals surface area contributed by atoms with E-state index in [4.69, 9.17) is 21.1 Å². The normalized spacial score (nSPS) is 14.6. The maximum atomic E-state index is 6.25. The summed E-state index contributed by atoms with van der Waals surface area (Å²) in [5.74, 6) is 1.36. The van der Waals surface area contributed by atoms with Crippen LogP contribution in [0, 0.1) is 0 Å². The van der Waals surface area contributed by atoms with E-state index in [1.54, 1.807) is 7.11 Å². The van der Waals surface area contributed by atoms with Crippen LogP contribution in [0.15, 0.2) is 12.1 Å². The molecule has 0 aromatic heterocycles. The summed E-state index contributed by atoms with van der Waals surface area (Å²) in [6, 6.07) is 4.63. The van der Waals surface area contributed by atoms with E-state index in [0.29, 0.717) is 29.2 Å². The van der Waals surface area contributed by atoms with Gasteiger partial charge in [-0.3, -0.25) is 0 Å². The number of rotatable bonds is 7. The van der Waals surface area contributed by atoms with E-state index in [1.807, 2.05) is 12.1 Å². The minimum atomic E-state index is 0.621. The average Bonchev–Trinajstić information content (AvgIpc) is 3.18. The summed E-state index contributed by atoms with van der Waals surface area (Å²) in [6.07, 6.45) is 3.51. The second kappa shape index (κ2) is 6.30. The van der Waals surface area contributed by atoms with Crippen LogP contribution in [0.4, 0.5) is 0 Å². The van der Waals surface area contributed by atoms with Gasteiger partial charge in [0, 0.05) is 12.6 Å². The zero-order valence-corrected chi connectivity index (χ0v) is 11.7. The summed E-state index contributed by atoms with van der Waals surface area (Å²) in [5.41, 5.74) is 1.13. The molecule has 4 heteroatoms. The lowest BCUT2D eigenvalue weighted by molar-refractivity contribution is 0.294. The highest BCUT2D eigenvalue weighted by Gasteiger charge is 2.20. The molecule has 100 valence electrons. The molecule has 0 radical (unpaired) electrons.